The Bertz CT molecular complexity index is 533. The summed E-state index contributed by atoms with van der Waals surface area (Å²) in [5.41, 5.74) is 1.43. The normalized spacial score (nSPS) is 24.6. The third-order valence-corrected chi connectivity index (χ3v) is 4.02. The van der Waals surface area contributed by atoms with Crippen LogP contribution in [0.1, 0.15) is 25.6 Å². The predicted octanol–water partition coefficient (Wildman–Crippen LogP) is 3.06. The molecule has 2 aromatic rings. The largest absolute Gasteiger partial charge is 0.340 e. The standard InChI is InChI=1S/C12H13BrFN3/c1-12(3-2-4-15-12)11-16-9-5-7(13)8(14)6-10(9)17-11/h5-6,15H,2-4H2,1H3,(H,16,17). The quantitative estimate of drug-likeness (QED) is 0.849. The number of hydrogen-bond acceptors (Lipinski definition) is 2. The molecule has 90 valence electrons. The molecular weight excluding hydrogens is 285 g/mol. The van der Waals surface area contributed by atoms with E-state index in [0.29, 0.717) is 4.47 Å². The van der Waals surface area contributed by atoms with Crippen LogP contribution in [0.5, 0.6) is 0 Å². The lowest BCUT2D eigenvalue weighted by atomic mass is 10.00. The molecule has 1 aromatic carbocycles. The monoisotopic (exact) mass is 297 g/mol. The highest BCUT2D eigenvalue weighted by atomic mass is 79.9. The number of halogens is 2. The summed E-state index contributed by atoms with van der Waals surface area (Å²) in [6, 6.07) is 3.19. The van der Waals surface area contributed by atoms with Gasteiger partial charge in [-0.05, 0) is 48.3 Å². The summed E-state index contributed by atoms with van der Waals surface area (Å²) in [6.07, 6.45) is 2.20. The van der Waals surface area contributed by atoms with Crippen LogP contribution in [0.2, 0.25) is 0 Å². The third-order valence-electron chi connectivity index (χ3n) is 3.42. The maximum Gasteiger partial charge on any atom is 0.139 e. The lowest BCUT2D eigenvalue weighted by Gasteiger charge is -2.21. The van der Waals surface area contributed by atoms with Gasteiger partial charge in [0.25, 0.3) is 0 Å². The van der Waals surface area contributed by atoms with E-state index in [1.165, 1.54) is 6.07 Å². The summed E-state index contributed by atoms with van der Waals surface area (Å²) in [5.74, 6) is 0.625. The number of hydrogen-bond donors (Lipinski definition) is 2. The van der Waals surface area contributed by atoms with Crippen molar-refractivity contribution in [1.29, 1.82) is 0 Å². The average molecular weight is 298 g/mol. The van der Waals surface area contributed by atoms with E-state index in [2.05, 4.69) is 38.1 Å². The van der Waals surface area contributed by atoms with Crippen molar-refractivity contribution in [2.75, 3.05) is 6.54 Å². The molecule has 0 saturated carbocycles. The first-order valence-corrected chi connectivity index (χ1v) is 6.48. The van der Waals surface area contributed by atoms with Crippen LogP contribution in [-0.4, -0.2) is 16.5 Å². The molecule has 2 heterocycles. The van der Waals surface area contributed by atoms with Crippen LogP contribution < -0.4 is 5.32 Å². The molecule has 5 heteroatoms. The van der Waals surface area contributed by atoms with Gasteiger partial charge in [0.1, 0.15) is 11.6 Å². The maximum atomic E-state index is 13.4. The molecule has 0 radical (unpaired) electrons. The zero-order chi connectivity index (χ0) is 12.0. The summed E-state index contributed by atoms with van der Waals surface area (Å²) in [6.45, 7) is 3.13. The van der Waals surface area contributed by atoms with Gasteiger partial charge in [-0.15, -0.1) is 0 Å². The second-order valence-electron chi connectivity index (χ2n) is 4.73. The van der Waals surface area contributed by atoms with Gasteiger partial charge >= 0.3 is 0 Å². The summed E-state index contributed by atoms with van der Waals surface area (Å²) in [4.78, 5) is 7.77. The molecule has 1 unspecified atom stereocenters. The van der Waals surface area contributed by atoms with Crippen molar-refractivity contribution in [2.45, 2.75) is 25.3 Å². The Labute approximate surface area is 107 Å². The molecule has 0 amide bonds. The van der Waals surface area contributed by atoms with Gasteiger partial charge in [-0.1, -0.05) is 0 Å². The average Bonchev–Trinajstić information content (AvgIpc) is 2.87. The highest BCUT2D eigenvalue weighted by molar-refractivity contribution is 9.10. The predicted molar refractivity (Wildman–Crippen MR) is 68.3 cm³/mol. The molecule has 0 aliphatic carbocycles. The van der Waals surface area contributed by atoms with E-state index in [9.17, 15) is 4.39 Å². The highest BCUT2D eigenvalue weighted by Crippen LogP contribution is 2.30. The number of nitrogens with one attached hydrogen (secondary N) is 2. The van der Waals surface area contributed by atoms with Gasteiger partial charge in [-0.2, -0.15) is 0 Å². The van der Waals surface area contributed by atoms with Crippen LogP contribution in [0.25, 0.3) is 11.0 Å². The van der Waals surface area contributed by atoms with Crippen molar-refractivity contribution in [2.24, 2.45) is 0 Å². The van der Waals surface area contributed by atoms with Crippen molar-refractivity contribution < 1.29 is 4.39 Å². The van der Waals surface area contributed by atoms with E-state index in [0.717, 1.165) is 36.2 Å². The van der Waals surface area contributed by atoms with Crippen molar-refractivity contribution in [3.05, 3.63) is 28.2 Å². The Balaban J connectivity index is 2.13. The van der Waals surface area contributed by atoms with E-state index >= 15 is 0 Å². The molecule has 1 aliphatic rings. The number of benzene rings is 1. The smallest absolute Gasteiger partial charge is 0.139 e. The minimum atomic E-state index is -0.266. The van der Waals surface area contributed by atoms with Crippen LogP contribution >= 0.6 is 15.9 Å². The number of rotatable bonds is 1. The Morgan fingerprint density at radius 2 is 2.29 bits per heavy atom. The first kappa shape index (κ1) is 11.2. The lowest BCUT2D eigenvalue weighted by molar-refractivity contribution is 0.412. The minimum Gasteiger partial charge on any atom is -0.340 e. The number of H-pyrrole nitrogens is 1. The first-order chi connectivity index (χ1) is 8.08. The fraction of sp³-hybridized carbons (Fsp3) is 0.417. The molecule has 3 nitrogen and oxygen atoms in total. The zero-order valence-corrected chi connectivity index (χ0v) is 11.1. The van der Waals surface area contributed by atoms with E-state index in [1.54, 1.807) is 6.07 Å². The van der Waals surface area contributed by atoms with Crippen LogP contribution in [0.3, 0.4) is 0 Å². The fourth-order valence-electron chi connectivity index (χ4n) is 2.36. The van der Waals surface area contributed by atoms with Crippen LogP contribution in [-0.2, 0) is 5.54 Å². The van der Waals surface area contributed by atoms with Gasteiger partial charge in [0.05, 0.1) is 21.0 Å². The van der Waals surface area contributed by atoms with E-state index in [-0.39, 0.29) is 11.4 Å². The van der Waals surface area contributed by atoms with Crippen LogP contribution in [0.4, 0.5) is 4.39 Å². The number of fused-ring (bicyclic) bond motifs is 1. The number of imidazole rings is 1. The molecule has 2 N–H and O–H groups in total. The van der Waals surface area contributed by atoms with Crippen molar-refractivity contribution >= 4 is 27.0 Å². The third kappa shape index (κ3) is 1.77. The second-order valence-corrected chi connectivity index (χ2v) is 5.59. The molecule has 17 heavy (non-hydrogen) atoms. The molecule has 1 fully saturated rings. The Morgan fingerprint density at radius 1 is 1.47 bits per heavy atom. The molecule has 1 saturated heterocycles. The van der Waals surface area contributed by atoms with Gasteiger partial charge < -0.3 is 10.3 Å². The fourth-order valence-corrected chi connectivity index (χ4v) is 2.69. The van der Waals surface area contributed by atoms with E-state index < -0.39 is 0 Å². The summed E-state index contributed by atoms with van der Waals surface area (Å²) >= 11 is 3.18. The first-order valence-electron chi connectivity index (χ1n) is 5.69. The minimum absolute atomic E-state index is 0.109. The highest BCUT2D eigenvalue weighted by Gasteiger charge is 2.33. The Morgan fingerprint density at radius 3 is 3.00 bits per heavy atom. The van der Waals surface area contributed by atoms with Gasteiger partial charge in [-0.25, -0.2) is 9.37 Å². The van der Waals surface area contributed by atoms with Crippen molar-refractivity contribution in [3.63, 3.8) is 0 Å². The number of nitrogens with zero attached hydrogens (tertiary/aromatic N) is 1. The molecule has 1 atom stereocenters. The Kier molecular flexibility index (Phi) is 2.48. The molecule has 0 spiro atoms. The molecule has 1 aromatic heterocycles. The summed E-state index contributed by atoms with van der Waals surface area (Å²) in [5, 5.41) is 3.44. The van der Waals surface area contributed by atoms with Crippen molar-refractivity contribution in [1.82, 2.24) is 15.3 Å². The van der Waals surface area contributed by atoms with Crippen molar-refractivity contribution in [3.8, 4) is 0 Å². The van der Waals surface area contributed by atoms with Gasteiger partial charge in [0.15, 0.2) is 0 Å². The number of aromatic amines is 1. The SMILES string of the molecule is CC1(c2nc3cc(Br)c(F)cc3[nH]2)CCCN1. The maximum absolute atomic E-state index is 13.4. The number of aromatic nitrogens is 2. The summed E-state index contributed by atoms with van der Waals surface area (Å²) in [7, 11) is 0. The van der Waals surface area contributed by atoms with E-state index in [1.807, 2.05) is 0 Å². The lowest BCUT2D eigenvalue weighted by Crippen LogP contribution is -2.34. The Hall–Kier alpha value is -0.940. The molecular formula is C12H13BrFN3. The van der Waals surface area contributed by atoms with Gasteiger partial charge in [0, 0.05) is 6.07 Å². The van der Waals surface area contributed by atoms with Crippen LogP contribution in [0, 0.1) is 5.82 Å². The zero-order valence-electron chi connectivity index (χ0n) is 9.48. The van der Waals surface area contributed by atoms with Gasteiger partial charge in [-0.3, -0.25) is 0 Å². The molecule has 1 aliphatic heterocycles. The topological polar surface area (TPSA) is 40.7 Å². The van der Waals surface area contributed by atoms with Crippen LogP contribution in [0.15, 0.2) is 16.6 Å². The van der Waals surface area contributed by atoms with E-state index in [4.69, 9.17) is 0 Å². The van der Waals surface area contributed by atoms with Gasteiger partial charge in [0.2, 0.25) is 0 Å². The molecule has 0 bridgehead atoms. The summed E-state index contributed by atoms with van der Waals surface area (Å²) < 4.78 is 13.9. The molecule has 3 rings (SSSR count). The second kappa shape index (κ2) is 3.78.